The predicted octanol–water partition coefficient (Wildman–Crippen LogP) is 4.00. The average Bonchev–Trinajstić information content (AvgIpc) is 2.81. The molecule has 6 heteroatoms. The highest BCUT2D eigenvalue weighted by molar-refractivity contribution is 5.95. The highest BCUT2D eigenvalue weighted by atomic mass is 16.5. The summed E-state index contributed by atoms with van der Waals surface area (Å²) in [4.78, 5) is 27.3. The Bertz CT molecular complexity index is 920. The molecule has 2 aromatic carbocycles. The molecule has 0 spiro atoms. The van der Waals surface area contributed by atoms with E-state index >= 15 is 0 Å². The lowest BCUT2D eigenvalue weighted by Crippen LogP contribution is -2.43. The molecule has 2 aromatic rings. The first kappa shape index (κ1) is 23.6. The summed E-state index contributed by atoms with van der Waals surface area (Å²) in [7, 11) is 0. The number of nitrogens with one attached hydrogen (secondary N) is 1. The Labute approximate surface area is 190 Å². The van der Waals surface area contributed by atoms with Gasteiger partial charge in [0.2, 0.25) is 5.91 Å². The van der Waals surface area contributed by atoms with Gasteiger partial charge in [0.15, 0.2) is 11.5 Å². The van der Waals surface area contributed by atoms with Crippen LogP contribution in [0.3, 0.4) is 0 Å². The summed E-state index contributed by atoms with van der Waals surface area (Å²) in [5.41, 5.74) is 2.83. The highest BCUT2D eigenvalue weighted by Gasteiger charge is 2.28. The van der Waals surface area contributed by atoms with Crippen molar-refractivity contribution in [3.63, 3.8) is 0 Å². The van der Waals surface area contributed by atoms with Gasteiger partial charge in [0.25, 0.3) is 5.91 Å². The van der Waals surface area contributed by atoms with Crippen molar-refractivity contribution < 1.29 is 19.1 Å². The largest absolute Gasteiger partial charge is 0.490 e. The molecule has 1 heterocycles. The summed E-state index contributed by atoms with van der Waals surface area (Å²) >= 11 is 0. The van der Waals surface area contributed by atoms with Crippen LogP contribution in [0.5, 0.6) is 11.5 Å². The maximum Gasteiger partial charge on any atom is 0.254 e. The van der Waals surface area contributed by atoms with Gasteiger partial charge >= 0.3 is 0 Å². The van der Waals surface area contributed by atoms with Crippen LogP contribution in [0, 0.1) is 12.8 Å². The Morgan fingerprint density at radius 2 is 1.69 bits per heavy atom. The monoisotopic (exact) mass is 438 g/mol. The third-order valence-electron chi connectivity index (χ3n) is 5.85. The van der Waals surface area contributed by atoms with Crippen LogP contribution in [0.2, 0.25) is 0 Å². The zero-order valence-corrected chi connectivity index (χ0v) is 19.4. The van der Waals surface area contributed by atoms with Gasteiger partial charge in [-0.25, -0.2) is 0 Å². The number of hydrogen-bond donors (Lipinski definition) is 1. The molecule has 0 saturated carbocycles. The minimum absolute atomic E-state index is 0.0461. The van der Waals surface area contributed by atoms with Crippen LogP contribution in [-0.4, -0.2) is 49.6 Å². The normalized spacial score (nSPS) is 14.2. The Kier molecular flexibility index (Phi) is 8.54. The van der Waals surface area contributed by atoms with Crippen molar-refractivity contribution >= 4 is 11.8 Å². The number of amides is 2. The van der Waals surface area contributed by atoms with Crippen molar-refractivity contribution in [3.05, 3.63) is 59.2 Å². The van der Waals surface area contributed by atoms with E-state index in [-0.39, 0.29) is 17.7 Å². The van der Waals surface area contributed by atoms with Crippen molar-refractivity contribution in [1.82, 2.24) is 10.2 Å². The van der Waals surface area contributed by atoms with Crippen LogP contribution < -0.4 is 14.8 Å². The minimum Gasteiger partial charge on any atom is -0.490 e. The molecule has 0 unspecified atom stereocenters. The first-order valence-electron chi connectivity index (χ1n) is 11.5. The Hall–Kier alpha value is -3.02. The molecule has 1 saturated heterocycles. The Balaban J connectivity index is 1.46. The van der Waals surface area contributed by atoms with Crippen LogP contribution in [0.1, 0.15) is 48.2 Å². The molecule has 0 bridgehead atoms. The predicted molar refractivity (Wildman–Crippen MR) is 125 cm³/mol. The summed E-state index contributed by atoms with van der Waals surface area (Å²) in [5, 5.41) is 3.06. The van der Waals surface area contributed by atoms with Gasteiger partial charge in [-0.2, -0.15) is 0 Å². The van der Waals surface area contributed by atoms with Crippen LogP contribution in [0.4, 0.5) is 0 Å². The Morgan fingerprint density at radius 3 is 2.38 bits per heavy atom. The SMILES string of the molecule is CCOc1ccc(CCNC(=O)C2CCN(C(=O)c3ccccc3C)CC2)cc1OCC. The van der Waals surface area contributed by atoms with Gasteiger partial charge < -0.3 is 19.7 Å². The number of rotatable bonds is 9. The molecule has 1 N–H and O–H groups in total. The van der Waals surface area contributed by atoms with Gasteiger partial charge in [0, 0.05) is 31.1 Å². The fourth-order valence-electron chi connectivity index (χ4n) is 4.05. The number of nitrogens with zero attached hydrogens (tertiary/aromatic N) is 1. The van der Waals surface area contributed by atoms with Crippen molar-refractivity contribution in [2.45, 2.75) is 40.0 Å². The average molecular weight is 439 g/mol. The van der Waals surface area contributed by atoms with E-state index in [1.165, 1.54) is 0 Å². The van der Waals surface area contributed by atoms with E-state index in [0.717, 1.165) is 34.6 Å². The minimum atomic E-state index is -0.0461. The topological polar surface area (TPSA) is 67.9 Å². The maximum atomic E-state index is 12.8. The second-order valence-corrected chi connectivity index (χ2v) is 8.07. The van der Waals surface area contributed by atoms with E-state index in [4.69, 9.17) is 9.47 Å². The number of aryl methyl sites for hydroxylation is 1. The van der Waals surface area contributed by atoms with Crippen molar-refractivity contribution in [2.24, 2.45) is 5.92 Å². The van der Waals surface area contributed by atoms with Gasteiger partial charge in [0.1, 0.15) is 0 Å². The molecular formula is C26H34N2O4. The number of piperidine rings is 1. The lowest BCUT2D eigenvalue weighted by molar-refractivity contribution is -0.126. The van der Waals surface area contributed by atoms with E-state index in [0.29, 0.717) is 45.7 Å². The summed E-state index contributed by atoms with van der Waals surface area (Å²) in [6, 6.07) is 13.6. The fraction of sp³-hybridized carbons (Fsp3) is 0.462. The zero-order valence-electron chi connectivity index (χ0n) is 19.4. The van der Waals surface area contributed by atoms with Crippen LogP contribution >= 0.6 is 0 Å². The summed E-state index contributed by atoms with van der Waals surface area (Å²) in [5.74, 6) is 1.57. The van der Waals surface area contributed by atoms with Crippen LogP contribution in [-0.2, 0) is 11.2 Å². The molecule has 6 nitrogen and oxygen atoms in total. The van der Waals surface area contributed by atoms with Crippen LogP contribution in [0.15, 0.2) is 42.5 Å². The highest BCUT2D eigenvalue weighted by Crippen LogP contribution is 2.28. The lowest BCUT2D eigenvalue weighted by atomic mass is 9.95. The maximum absolute atomic E-state index is 12.8. The molecule has 32 heavy (non-hydrogen) atoms. The van der Waals surface area contributed by atoms with Crippen molar-refractivity contribution in [1.29, 1.82) is 0 Å². The molecule has 1 fully saturated rings. The van der Waals surface area contributed by atoms with Gasteiger partial charge in [-0.3, -0.25) is 9.59 Å². The molecule has 0 aliphatic carbocycles. The first-order chi connectivity index (χ1) is 15.5. The van der Waals surface area contributed by atoms with Gasteiger partial charge in [-0.1, -0.05) is 24.3 Å². The third kappa shape index (κ3) is 6.02. The molecule has 172 valence electrons. The van der Waals surface area contributed by atoms with Gasteiger partial charge in [0.05, 0.1) is 13.2 Å². The van der Waals surface area contributed by atoms with E-state index < -0.39 is 0 Å². The molecule has 0 atom stereocenters. The quantitative estimate of drug-likeness (QED) is 0.643. The number of carbonyl (C=O) groups excluding carboxylic acids is 2. The van der Waals surface area contributed by atoms with Crippen LogP contribution in [0.25, 0.3) is 0 Å². The zero-order chi connectivity index (χ0) is 22.9. The molecule has 3 rings (SSSR count). The molecular weight excluding hydrogens is 404 g/mol. The number of benzene rings is 2. The summed E-state index contributed by atoms with van der Waals surface area (Å²) < 4.78 is 11.3. The molecule has 1 aliphatic rings. The third-order valence-corrected chi connectivity index (χ3v) is 5.85. The number of carbonyl (C=O) groups is 2. The number of hydrogen-bond acceptors (Lipinski definition) is 4. The number of ether oxygens (including phenoxy) is 2. The fourth-order valence-corrected chi connectivity index (χ4v) is 4.05. The molecule has 0 radical (unpaired) electrons. The van der Waals surface area contributed by atoms with E-state index in [1.54, 1.807) is 0 Å². The molecule has 0 aromatic heterocycles. The van der Waals surface area contributed by atoms with E-state index in [2.05, 4.69) is 5.32 Å². The summed E-state index contributed by atoms with van der Waals surface area (Å²) in [6.45, 7) is 8.81. The second kappa shape index (κ2) is 11.6. The van der Waals surface area contributed by atoms with Gasteiger partial charge in [-0.05, 0) is 69.4 Å². The van der Waals surface area contributed by atoms with Crippen molar-refractivity contribution in [3.8, 4) is 11.5 Å². The summed E-state index contributed by atoms with van der Waals surface area (Å²) in [6.07, 6.45) is 2.12. The number of likely N-dealkylation sites (tertiary alicyclic amines) is 1. The molecule has 2 amide bonds. The first-order valence-corrected chi connectivity index (χ1v) is 11.5. The smallest absolute Gasteiger partial charge is 0.254 e. The second-order valence-electron chi connectivity index (χ2n) is 8.07. The lowest BCUT2D eigenvalue weighted by Gasteiger charge is -2.31. The molecule has 1 aliphatic heterocycles. The Morgan fingerprint density at radius 1 is 1.00 bits per heavy atom. The van der Waals surface area contributed by atoms with E-state index in [1.807, 2.05) is 68.1 Å². The van der Waals surface area contributed by atoms with Gasteiger partial charge in [-0.15, -0.1) is 0 Å². The van der Waals surface area contributed by atoms with E-state index in [9.17, 15) is 9.59 Å². The standard InChI is InChI=1S/C26H34N2O4/c1-4-31-23-11-10-20(18-24(23)32-5-2)12-15-27-25(29)21-13-16-28(17-14-21)26(30)22-9-7-6-8-19(22)3/h6-11,18,21H,4-5,12-17H2,1-3H3,(H,27,29). The van der Waals surface area contributed by atoms with Crippen molar-refractivity contribution in [2.75, 3.05) is 32.8 Å².